The summed E-state index contributed by atoms with van der Waals surface area (Å²) in [4.78, 5) is 10.6. The van der Waals surface area contributed by atoms with Crippen LogP contribution in [-0.4, -0.2) is 6.29 Å². The largest absolute Gasteiger partial charge is 0.303 e. The number of benzene rings is 1. The topological polar surface area (TPSA) is 17.1 Å². The maximum Gasteiger partial charge on any atom is 0.127 e. The van der Waals surface area contributed by atoms with Gasteiger partial charge in [-0.05, 0) is 33.7 Å². The van der Waals surface area contributed by atoms with Gasteiger partial charge in [0.25, 0.3) is 0 Å². The van der Waals surface area contributed by atoms with Gasteiger partial charge in [-0.3, -0.25) is 0 Å². The molecule has 0 fully saturated rings. The highest BCUT2D eigenvalue weighted by atomic mass is 127. The molecule has 0 spiro atoms. The molecule has 1 rings (SSSR count). The van der Waals surface area contributed by atoms with Crippen LogP contribution >= 0.6 is 38.5 Å². The molecule has 13 heavy (non-hydrogen) atoms. The van der Waals surface area contributed by atoms with Crippen LogP contribution in [0.2, 0.25) is 0 Å². The van der Waals surface area contributed by atoms with Crippen molar-refractivity contribution in [2.75, 3.05) is 0 Å². The van der Waals surface area contributed by atoms with E-state index in [0.717, 1.165) is 17.2 Å². The summed E-state index contributed by atoms with van der Waals surface area (Å²) in [6.45, 7) is 1.92. The fourth-order valence-corrected chi connectivity index (χ4v) is 3.16. The highest BCUT2D eigenvalue weighted by Gasteiger charge is 2.09. The number of carbonyl (C=O) groups is 1. The molecule has 1 unspecified atom stereocenters. The van der Waals surface area contributed by atoms with E-state index in [1.807, 2.05) is 19.1 Å². The summed E-state index contributed by atoms with van der Waals surface area (Å²) in [5.74, 6) is -0.00843. The Morgan fingerprint density at radius 1 is 1.62 bits per heavy atom. The summed E-state index contributed by atoms with van der Waals surface area (Å²) in [7, 11) is 0. The normalized spacial score (nSPS) is 12.5. The molecule has 0 aliphatic rings. The summed E-state index contributed by atoms with van der Waals surface area (Å²) < 4.78 is 1.19. The Hall–Kier alpha value is 0.1000. The highest BCUT2D eigenvalue weighted by molar-refractivity contribution is 14.1. The van der Waals surface area contributed by atoms with Crippen LogP contribution in [-0.2, 0) is 10.1 Å². The average Bonchev–Trinajstić information content (AvgIpc) is 2.17. The zero-order valence-electron chi connectivity index (χ0n) is 7.26. The molecule has 0 N–H and O–H groups in total. The molecule has 70 valence electrons. The van der Waals surface area contributed by atoms with Gasteiger partial charge in [0.2, 0.25) is 0 Å². The van der Waals surface area contributed by atoms with Crippen molar-refractivity contribution < 1.29 is 4.79 Å². The Balaban J connectivity index is 3.14. The lowest BCUT2D eigenvalue weighted by molar-refractivity contribution is -0.108. The van der Waals surface area contributed by atoms with Crippen LogP contribution in [0.3, 0.4) is 0 Å². The van der Waals surface area contributed by atoms with E-state index in [1.54, 1.807) is 0 Å². The minimum atomic E-state index is -0.00843. The lowest BCUT2D eigenvalue weighted by Gasteiger charge is -2.09. The van der Waals surface area contributed by atoms with Crippen molar-refractivity contribution >= 4 is 44.8 Å². The summed E-state index contributed by atoms with van der Waals surface area (Å²) in [6, 6.07) is 6.07. The number of aldehydes is 1. The lowest BCUT2D eigenvalue weighted by atomic mass is 10.0. The third kappa shape index (κ3) is 2.53. The quantitative estimate of drug-likeness (QED) is 0.462. The molecular weight excluding hydrogens is 343 g/mol. The monoisotopic (exact) mass is 352 g/mol. The minimum absolute atomic E-state index is 0.00843. The van der Waals surface area contributed by atoms with Crippen molar-refractivity contribution in [3.05, 3.63) is 32.9 Å². The minimum Gasteiger partial charge on any atom is -0.303 e. The zero-order valence-corrected chi connectivity index (χ0v) is 11.0. The number of carbonyl (C=O) groups excluding carboxylic acids is 1. The van der Waals surface area contributed by atoms with Crippen LogP contribution < -0.4 is 0 Å². The predicted octanol–water partition coefficient (Wildman–Crippen LogP) is 3.49. The molecule has 1 nitrogen and oxygen atoms in total. The van der Waals surface area contributed by atoms with Crippen molar-refractivity contribution in [3.63, 3.8) is 0 Å². The van der Waals surface area contributed by atoms with Gasteiger partial charge in [0.1, 0.15) is 6.29 Å². The van der Waals surface area contributed by atoms with Crippen molar-refractivity contribution in [1.29, 1.82) is 0 Å². The number of hydrogen-bond acceptors (Lipinski definition) is 1. The molecule has 1 atom stereocenters. The summed E-state index contributed by atoms with van der Waals surface area (Å²) in [5.41, 5.74) is 2.36. The van der Waals surface area contributed by atoms with E-state index in [0.29, 0.717) is 0 Å². The molecule has 1 aromatic rings. The van der Waals surface area contributed by atoms with E-state index in [-0.39, 0.29) is 5.92 Å². The van der Waals surface area contributed by atoms with Gasteiger partial charge in [0, 0.05) is 14.8 Å². The van der Waals surface area contributed by atoms with Gasteiger partial charge in [-0.25, -0.2) is 0 Å². The van der Waals surface area contributed by atoms with Gasteiger partial charge in [-0.2, -0.15) is 0 Å². The maximum absolute atomic E-state index is 10.6. The van der Waals surface area contributed by atoms with Gasteiger partial charge >= 0.3 is 0 Å². The molecule has 0 aliphatic heterocycles. The fourth-order valence-electron chi connectivity index (χ4n) is 1.13. The molecule has 0 radical (unpaired) electrons. The first-order valence-electron chi connectivity index (χ1n) is 3.99. The molecular formula is C10H10BrIO. The highest BCUT2D eigenvalue weighted by Crippen LogP contribution is 2.24. The second-order valence-corrected chi connectivity index (χ2v) is 4.52. The van der Waals surface area contributed by atoms with Crippen molar-refractivity contribution in [1.82, 2.24) is 0 Å². The van der Waals surface area contributed by atoms with E-state index in [4.69, 9.17) is 0 Å². The number of halogens is 2. The third-order valence-corrected chi connectivity index (χ3v) is 3.87. The van der Waals surface area contributed by atoms with E-state index in [1.165, 1.54) is 9.13 Å². The summed E-state index contributed by atoms with van der Waals surface area (Å²) in [6.07, 6.45) is 0.982. The fraction of sp³-hybridized carbons (Fsp3) is 0.300. The van der Waals surface area contributed by atoms with Crippen LogP contribution in [0.1, 0.15) is 24.0 Å². The molecule has 0 heterocycles. The van der Waals surface area contributed by atoms with Crippen molar-refractivity contribution in [3.8, 4) is 0 Å². The molecule has 0 aromatic heterocycles. The molecule has 0 saturated carbocycles. The second-order valence-electron chi connectivity index (χ2n) is 2.88. The van der Waals surface area contributed by atoms with Crippen molar-refractivity contribution in [2.45, 2.75) is 18.2 Å². The Labute approximate surface area is 100 Å². The maximum atomic E-state index is 10.6. The van der Waals surface area contributed by atoms with Gasteiger partial charge in [0.05, 0.1) is 0 Å². The van der Waals surface area contributed by atoms with Crippen LogP contribution in [0.4, 0.5) is 0 Å². The zero-order chi connectivity index (χ0) is 9.84. The summed E-state index contributed by atoms with van der Waals surface area (Å²) >= 11 is 5.71. The lowest BCUT2D eigenvalue weighted by Crippen LogP contribution is -1.99. The van der Waals surface area contributed by atoms with E-state index in [9.17, 15) is 4.79 Å². The standard InChI is InChI=1S/C10H10BrIO/c1-7(6-13)9-4-2-3-8(5-11)10(9)12/h2-4,6-7H,5H2,1H3. The van der Waals surface area contributed by atoms with E-state index >= 15 is 0 Å². The Bertz CT molecular complexity index is 312. The Kier molecular flexibility index (Phi) is 4.38. The molecule has 1 aromatic carbocycles. The molecule has 0 aliphatic carbocycles. The van der Waals surface area contributed by atoms with E-state index in [2.05, 4.69) is 44.6 Å². The van der Waals surface area contributed by atoms with Gasteiger partial charge < -0.3 is 4.79 Å². The molecule has 0 amide bonds. The van der Waals surface area contributed by atoms with E-state index < -0.39 is 0 Å². The van der Waals surface area contributed by atoms with Crippen molar-refractivity contribution in [2.24, 2.45) is 0 Å². The van der Waals surface area contributed by atoms with Crippen LogP contribution in [0.25, 0.3) is 0 Å². The first-order chi connectivity index (χ1) is 6.20. The Morgan fingerprint density at radius 2 is 2.31 bits per heavy atom. The average molecular weight is 353 g/mol. The number of rotatable bonds is 3. The van der Waals surface area contributed by atoms with Crippen LogP contribution in [0.15, 0.2) is 18.2 Å². The first-order valence-corrected chi connectivity index (χ1v) is 6.19. The van der Waals surface area contributed by atoms with Gasteiger partial charge in [-0.1, -0.05) is 41.1 Å². The molecule has 3 heteroatoms. The number of hydrogen-bond donors (Lipinski definition) is 0. The second kappa shape index (κ2) is 5.10. The number of alkyl halides is 1. The van der Waals surface area contributed by atoms with Crippen LogP contribution in [0, 0.1) is 3.57 Å². The predicted molar refractivity (Wildman–Crippen MR) is 66.3 cm³/mol. The molecule has 0 bridgehead atoms. The van der Waals surface area contributed by atoms with Gasteiger partial charge in [-0.15, -0.1) is 0 Å². The Morgan fingerprint density at radius 3 is 2.85 bits per heavy atom. The first kappa shape index (κ1) is 11.2. The van der Waals surface area contributed by atoms with Crippen LogP contribution in [0.5, 0.6) is 0 Å². The smallest absolute Gasteiger partial charge is 0.127 e. The SMILES string of the molecule is CC(C=O)c1cccc(CBr)c1I. The third-order valence-electron chi connectivity index (χ3n) is 1.95. The van der Waals surface area contributed by atoms with Gasteiger partial charge in [0.15, 0.2) is 0 Å². The molecule has 0 saturated heterocycles. The summed E-state index contributed by atoms with van der Waals surface area (Å²) in [5, 5.41) is 0.838.